The Morgan fingerprint density at radius 1 is 1.25 bits per heavy atom. The lowest BCUT2D eigenvalue weighted by molar-refractivity contribution is 0.510. The van der Waals surface area contributed by atoms with Crippen LogP contribution >= 0.6 is 23.1 Å². The Kier molecular flexibility index (Phi) is 4.61. The van der Waals surface area contributed by atoms with Gasteiger partial charge in [0.25, 0.3) is 0 Å². The van der Waals surface area contributed by atoms with E-state index in [9.17, 15) is 0 Å². The Bertz CT molecular complexity index is 327. The first-order valence-electron chi connectivity index (χ1n) is 5.93. The summed E-state index contributed by atoms with van der Waals surface area (Å²) in [7, 11) is 2.08. The van der Waals surface area contributed by atoms with Crippen LogP contribution in [0.5, 0.6) is 0 Å². The maximum atomic E-state index is 4.21. The van der Waals surface area contributed by atoms with Gasteiger partial charge in [-0.3, -0.25) is 0 Å². The van der Waals surface area contributed by atoms with Crippen molar-refractivity contribution in [2.45, 2.75) is 54.7 Å². The summed E-state index contributed by atoms with van der Waals surface area (Å²) in [5, 5.41) is 13.5. The van der Waals surface area contributed by atoms with Gasteiger partial charge in [-0.1, -0.05) is 42.4 Å². The smallest absolute Gasteiger partial charge is 0.174 e. The number of aryl methyl sites for hydroxylation is 1. The summed E-state index contributed by atoms with van der Waals surface area (Å²) in [4.78, 5) is 0. The average molecular weight is 257 g/mol. The first-order valence-corrected chi connectivity index (χ1v) is 7.63. The van der Waals surface area contributed by atoms with E-state index in [2.05, 4.69) is 22.6 Å². The van der Waals surface area contributed by atoms with Crippen LogP contribution in [0.15, 0.2) is 4.34 Å². The number of rotatable bonds is 3. The van der Waals surface area contributed by atoms with Crippen molar-refractivity contribution in [2.75, 3.05) is 7.05 Å². The van der Waals surface area contributed by atoms with Crippen LogP contribution in [0.25, 0.3) is 0 Å². The molecule has 1 fully saturated rings. The van der Waals surface area contributed by atoms with E-state index >= 15 is 0 Å². The normalized spacial score (nSPS) is 26.6. The minimum absolute atomic E-state index is 0.636. The van der Waals surface area contributed by atoms with Gasteiger partial charge in [0.2, 0.25) is 0 Å². The monoisotopic (exact) mass is 257 g/mol. The van der Waals surface area contributed by atoms with E-state index < -0.39 is 0 Å². The second-order valence-corrected chi connectivity index (χ2v) is 6.94. The molecule has 1 saturated carbocycles. The zero-order chi connectivity index (χ0) is 11.4. The molecule has 0 spiro atoms. The average Bonchev–Trinajstić information content (AvgIpc) is 2.56. The Morgan fingerprint density at radius 2 is 2.06 bits per heavy atom. The molecule has 90 valence electrons. The molecular weight excluding hydrogens is 238 g/mol. The van der Waals surface area contributed by atoms with E-state index in [1.807, 2.05) is 18.7 Å². The third-order valence-electron chi connectivity index (χ3n) is 3.08. The molecule has 1 aromatic rings. The lowest BCUT2D eigenvalue weighted by Crippen LogP contribution is -2.34. The van der Waals surface area contributed by atoms with Crippen molar-refractivity contribution in [3.05, 3.63) is 5.01 Å². The summed E-state index contributed by atoms with van der Waals surface area (Å²) < 4.78 is 1.13. The highest BCUT2D eigenvalue weighted by Gasteiger charge is 2.24. The van der Waals surface area contributed by atoms with E-state index in [4.69, 9.17) is 0 Å². The second-order valence-electron chi connectivity index (χ2n) is 4.28. The maximum absolute atomic E-state index is 4.21. The van der Waals surface area contributed by atoms with E-state index in [1.165, 1.54) is 32.1 Å². The number of aromatic nitrogens is 2. The largest absolute Gasteiger partial charge is 0.316 e. The molecule has 1 N–H and O–H groups in total. The van der Waals surface area contributed by atoms with Crippen molar-refractivity contribution in [1.82, 2.24) is 15.5 Å². The predicted octanol–water partition coefficient (Wildman–Crippen LogP) is 2.86. The Labute approximate surface area is 105 Å². The molecule has 0 radical (unpaired) electrons. The van der Waals surface area contributed by atoms with Crippen molar-refractivity contribution in [3.8, 4) is 0 Å². The molecule has 1 aliphatic rings. The molecule has 1 heterocycles. The fourth-order valence-corrected chi connectivity index (χ4v) is 4.61. The Hall–Kier alpha value is -0.130. The summed E-state index contributed by atoms with van der Waals surface area (Å²) in [5.41, 5.74) is 0. The molecule has 5 heteroatoms. The van der Waals surface area contributed by atoms with Crippen LogP contribution in [0, 0.1) is 6.92 Å². The van der Waals surface area contributed by atoms with Crippen LogP contribution in [-0.2, 0) is 0 Å². The zero-order valence-electron chi connectivity index (χ0n) is 9.90. The lowest BCUT2D eigenvalue weighted by atomic mass is 10.1. The standard InChI is InChI=1S/C11H19N3S2/c1-8-13-14-11(15-8)16-10-7-5-3-4-6-9(10)12-2/h9-10,12H,3-7H2,1-2H3. The molecule has 1 aliphatic carbocycles. The topological polar surface area (TPSA) is 37.8 Å². The summed E-state index contributed by atoms with van der Waals surface area (Å²) in [6.07, 6.45) is 6.69. The lowest BCUT2D eigenvalue weighted by Gasteiger charge is -2.22. The third kappa shape index (κ3) is 3.18. The predicted molar refractivity (Wildman–Crippen MR) is 70.2 cm³/mol. The first-order chi connectivity index (χ1) is 7.79. The van der Waals surface area contributed by atoms with Crippen LogP contribution in [0.2, 0.25) is 0 Å². The zero-order valence-corrected chi connectivity index (χ0v) is 11.5. The van der Waals surface area contributed by atoms with Gasteiger partial charge in [0.1, 0.15) is 5.01 Å². The highest BCUT2D eigenvalue weighted by atomic mass is 32.2. The van der Waals surface area contributed by atoms with Crippen LogP contribution < -0.4 is 5.32 Å². The minimum atomic E-state index is 0.636. The van der Waals surface area contributed by atoms with E-state index in [0.717, 1.165) is 9.35 Å². The van der Waals surface area contributed by atoms with Gasteiger partial charge in [0.05, 0.1) is 0 Å². The van der Waals surface area contributed by atoms with E-state index in [-0.39, 0.29) is 0 Å². The molecule has 0 bridgehead atoms. The van der Waals surface area contributed by atoms with Crippen molar-refractivity contribution in [2.24, 2.45) is 0 Å². The number of nitrogens with one attached hydrogen (secondary N) is 1. The molecular formula is C11H19N3S2. The van der Waals surface area contributed by atoms with Gasteiger partial charge in [-0.2, -0.15) is 0 Å². The second kappa shape index (κ2) is 5.98. The SMILES string of the molecule is CNC1CCCCCC1Sc1nnc(C)s1. The van der Waals surface area contributed by atoms with Crippen LogP contribution in [0.4, 0.5) is 0 Å². The highest BCUT2D eigenvalue weighted by Crippen LogP contribution is 2.34. The summed E-state index contributed by atoms with van der Waals surface area (Å²) in [6, 6.07) is 0.636. The number of hydrogen-bond acceptors (Lipinski definition) is 5. The fraction of sp³-hybridized carbons (Fsp3) is 0.818. The van der Waals surface area contributed by atoms with Gasteiger partial charge >= 0.3 is 0 Å². The van der Waals surface area contributed by atoms with Crippen molar-refractivity contribution in [3.63, 3.8) is 0 Å². The molecule has 3 nitrogen and oxygen atoms in total. The van der Waals surface area contributed by atoms with Gasteiger partial charge in [-0.15, -0.1) is 10.2 Å². The maximum Gasteiger partial charge on any atom is 0.174 e. The number of hydrogen-bond donors (Lipinski definition) is 1. The third-order valence-corrected chi connectivity index (χ3v) is 5.41. The summed E-state index contributed by atoms with van der Waals surface area (Å²) >= 11 is 3.63. The molecule has 0 aliphatic heterocycles. The van der Waals surface area contributed by atoms with Crippen LogP contribution in [0.3, 0.4) is 0 Å². The quantitative estimate of drug-likeness (QED) is 0.845. The Balaban J connectivity index is 1.99. The van der Waals surface area contributed by atoms with Crippen molar-refractivity contribution in [1.29, 1.82) is 0 Å². The molecule has 16 heavy (non-hydrogen) atoms. The molecule has 2 unspecified atom stereocenters. The van der Waals surface area contributed by atoms with Crippen LogP contribution in [-0.4, -0.2) is 28.5 Å². The fourth-order valence-electron chi connectivity index (χ4n) is 2.20. The van der Waals surface area contributed by atoms with Crippen LogP contribution in [0.1, 0.15) is 37.1 Å². The number of nitrogens with zero attached hydrogens (tertiary/aromatic N) is 2. The molecule has 2 rings (SSSR count). The van der Waals surface area contributed by atoms with Gasteiger partial charge in [0.15, 0.2) is 4.34 Å². The molecule has 2 atom stereocenters. The molecule has 0 saturated heterocycles. The summed E-state index contributed by atoms with van der Waals surface area (Å²) in [5.74, 6) is 0. The molecule has 1 aromatic heterocycles. The minimum Gasteiger partial charge on any atom is -0.316 e. The van der Waals surface area contributed by atoms with Gasteiger partial charge in [-0.25, -0.2) is 0 Å². The van der Waals surface area contributed by atoms with Gasteiger partial charge in [-0.05, 0) is 26.8 Å². The molecule has 0 aromatic carbocycles. The van der Waals surface area contributed by atoms with E-state index in [1.54, 1.807) is 11.3 Å². The first kappa shape index (κ1) is 12.3. The molecule has 0 amide bonds. The van der Waals surface area contributed by atoms with E-state index in [0.29, 0.717) is 11.3 Å². The summed E-state index contributed by atoms with van der Waals surface area (Å²) in [6.45, 7) is 2.02. The van der Waals surface area contributed by atoms with Crippen molar-refractivity contribution < 1.29 is 0 Å². The number of thioether (sulfide) groups is 1. The highest BCUT2D eigenvalue weighted by molar-refractivity contribution is 8.01. The van der Waals surface area contributed by atoms with Gasteiger partial charge < -0.3 is 5.32 Å². The Morgan fingerprint density at radius 3 is 2.75 bits per heavy atom. The van der Waals surface area contributed by atoms with Gasteiger partial charge in [0, 0.05) is 11.3 Å². The van der Waals surface area contributed by atoms with Crippen molar-refractivity contribution >= 4 is 23.1 Å².